The molecule has 3 aliphatic rings. The Bertz CT molecular complexity index is 1310. The van der Waals surface area contributed by atoms with E-state index in [1.54, 1.807) is 7.11 Å². The first-order chi connectivity index (χ1) is 17.8. The van der Waals surface area contributed by atoms with Crippen LogP contribution in [0.15, 0.2) is 63.4 Å². The molecule has 0 saturated heterocycles. The molecule has 8 heteroatoms. The third kappa shape index (κ3) is 4.87. The van der Waals surface area contributed by atoms with Crippen LogP contribution >= 0.6 is 15.9 Å². The fraction of sp³-hybridized carbons (Fsp3) is 0.379. The number of hydrogen-bond acceptors (Lipinski definition) is 7. The fourth-order valence-electron chi connectivity index (χ4n) is 5.21. The van der Waals surface area contributed by atoms with Crippen molar-refractivity contribution in [1.82, 2.24) is 5.32 Å². The second-order valence-corrected chi connectivity index (χ2v) is 10.9. The van der Waals surface area contributed by atoms with Gasteiger partial charge in [0, 0.05) is 33.8 Å². The number of halogens is 1. The zero-order chi connectivity index (χ0) is 26.3. The van der Waals surface area contributed by atoms with Crippen LogP contribution in [0.1, 0.15) is 56.6 Å². The minimum atomic E-state index is -0.593. The minimum absolute atomic E-state index is 0.00537. The lowest BCUT2D eigenvalue weighted by molar-refractivity contribution is -0.140. The van der Waals surface area contributed by atoms with E-state index in [2.05, 4.69) is 21.2 Å². The maximum Gasteiger partial charge on any atom is 0.336 e. The average molecular weight is 568 g/mol. The average Bonchev–Trinajstić information content (AvgIpc) is 3.33. The van der Waals surface area contributed by atoms with Gasteiger partial charge in [-0.1, -0.05) is 41.9 Å². The van der Waals surface area contributed by atoms with Crippen LogP contribution in [0.4, 0.5) is 0 Å². The normalized spacial score (nSPS) is 20.6. The maximum absolute atomic E-state index is 13.8. The van der Waals surface area contributed by atoms with Crippen LogP contribution in [0.2, 0.25) is 0 Å². The van der Waals surface area contributed by atoms with Crippen LogP contribution in [0.5, 0.6) is 17.2 Å². The van der Waals surface area contributed by atoms with Gasteiger partial charge in [0.2, 0.25) is 6.79 Å². The van der Waals surface area contributed by atoms with E-state index in [0.29, 0.717) is 47.8 Å². The van der Waals surface area contributed by atoms with Gasteiger partial charge in [0.15, 0.2) is 17.3 Å². The molecule has 0 spiro atoms. The van der Waals surface area contributed by atoms with Crippen molar-refractivity contribution in [3.8, 4) is 17.2 Å². The first kappa shape index (κ1) is 25.4. The number of methoxy groups -OCH3 is 1. The molecular formula is C29H30BrNO6. The monoisotopic (exact) mass is 567 g/mol. The van der Waals surface area contributed by atoms with Gasteiger partial charge >= 0.3 is 5.97 Å². The number of hydrogen-bond donors (Lipinski definition) is 1. The van der Waals surface area contributed by atoms with Gasteiger partial charge in [-0.2, -0.15) is 0 Å². The van der Waals surface area contributed by atoms with E-state index in [0.717, 1.165) is 27.0 Å². The number of ketones is 1. The van der Waals surface area contributed by atoms with Crippen molar-refractivity contribution in [3.05, 3.63) is 74.5 Å². The predicted octanol–water partition coefficient (Wildman–Crippen LogP) is 5.75. The molecule has 0 saturated carbocycles. The van der Waals surface area contributed by atoms with Crippen LogP contribution in [0.25, 0.3) is 0 Å². The van der Waals surface area contributed by atoms with Crippen molar-refractivity contribution in [2.24, 2.45) is 5.92 Å². The molecular weight excluding hydrogens is 538 g/mol. The smallest absolute Gasteiger partial charge is 0.336 e. The molecule has 37 heavy (non-hydrogen) atoms. The number of nitrogens with one attached hydrogen (secondary N) is 1. The van der Waals surface area contributed by atoms with Gasteiger partial charge < -0.3 is 24.3 Å². The Hall–Kier alpha value is -3.26. The van der Waals surface area contributed by atoms with Gasteiger partial charge in [0.1, 0.15) is 5.75 Å². The minimum Gasteiger partial charge on any atom is -0.497 e. The number of rotatable bonds is 6. The molecule has 5 rings (SSSR count). The quantitative estimate of drug-likeness (QED) is 0.445. The Morgan fingerprint density at radius 2 is 1.84 bits per heavy atom. The third-order valence-corrected chi connectivity index (χ3v) is 7.67. The van der Waals surface area contributed by atoms with Gasteiger partial charge in [-0.15, -0.1) is 0 Å². The van der Waals surface area contributed by atoms with Gasteiger partial charge in [-0.3, -0.25) is 4.79 Å². The lowest BCUT2D eigenvalue weighted by Gasteiger charge is -2.37. The highest BCUT2D eigenvalue weighted by molar-refractivity contribution is 9.10. The molecule has 0 aromatic heterocycles. The van der Waals surface area contributed by atoms with Gasteiger partial charge in [-0.25, -0.2) is 4.79 Å². The number of benzene rings is 2. The molecule has 1 aliphatic carbocycles. The van der Waals surface area contributed by atoms with Crippen LogP contribution in [-0.2, 0) is 14.3 Å². The fourth-order valence-corrected chi connectivity index (χ4v) is 5.76. The second kappa shape index (κ2) is 10.2. The molecule has 0 unspecified atom stereocenters. The van der Waals surface area contributed by atoms with Crippen molar-refractivity contribution >= 4 is 27.7 Å². The van der Waals surface area contributed by atoms with E-state index in [1.165, 1.54) is 0 Å². The van der Waals surface area contributed by atoms with Gasteiger partial charge in [-0.05, 0) is 60.6 Å². The second-order valence-electron chi connectivity index (χ2n) is 10.0. The maximum atomic E-state index is 13.8. The van der Waals surface area contributed by atoms with Crippen molar-refractivity contribution in [2.75, 3.05) is 20.5 Å². The number of fused-ring (bicyclic) bond motifs is 1. The number of ether oxygens (including phenoxy) is 4. The molecule has 2 atom stereocenters. The van der Waals surface area contributed by atoms with Gasteiger partial charge in [0.25, 0.3) is 0 Å². The molecule has 0 fully saturated rings. The summed E-state index contributed by atoms with van der Waals surface area (Å²) in [6, 6.07) is 11.5. The largest absolute Gasteiger partial charge is 0.497 e. The van der Waals surface area contributed by atoms with E-state index in [1.807, 2.05) is 57.2 Å². The van der Waals surface area contributed by atoms with Crippen LogP contribution in [0.3, 0.4) is 0 Å². The molecule has 2 heterocycles. The Balaban J connectivity index is 1.58. The van der Waals surface area contributed by atoms with Crippen LogP contribution in [-0.4, -0.2) is 32.3 Å². The highest BCUT2D eigenvalue weighted by atomic mass is 79.9. The number of carbonyl (C=O) groups is 2. The van der Waals surface area contributed by atoms with Gasteiger partial charge in [0.05, 0.1) is 19.3 Å². The number of carbonyl (C=O) groups excluding carboxylic acids is 2. The molecule has 7 nitrogen and oxygen atoms in total. The molecule has 194 valence electrons. The molecule has 0 radical (unpaired) electrons. The van der Waals surface area contributed by atoms with Crippen molar-refractivity contribution in [3.63, 3.8) is 0 Å². The summed E-state index contributed by atoms with van der Waals surface area (Å²) < 4.78 is 22.9. The summed E-state index contributed by atoms with van der Waals surface area (Å²) in [5, 5.41) is 3.40. The highest BCUT2D eigenvalue weighted by Crippen LogP contribution is 2.49. The first-order valence-electron chi connectivity index (χ1n) is 12.4. The van der Waals surface area contributed by atoms with E-state index in [-0.39, 0.29) is 24.4 Å². The molecule has 0 bridgehead atoms. The van der Waals surface area contributed by atoms with Crippen molar-refractivity contribution in [1.29, 1.82) is 0 Å². The summed E-state index contributed by atoms with van der Waals surface area (Å²) in [7, 11) is 1.63. The standard InChI is InChI=1S/C29H30BrNO6/c1-15(2)13-35-29(33)26-16(3)31-22-9-18(17-5-7-19(34-4)8-6-17)10-23(32)28(22)27(26)20-11-24-25(12-21(20)30)37-14-36-24/h5-8,11-12,15,18,27,31H,9-10,13-14H2,1-4H3/t18-,27-/m1/s1. The highest BCUT2D eigenvalue weighted by Gasteiger charge is 2.42. The molecule has 1 N–H and O–H groups in total. The Labute approximate surface area is 224 Å². The number of esters is 1. The zero-order valence-electron chi connectivity index (χ0n) is 21.4. The van der Waals surface area contributed by atoms with Crippen molar-refractivity contribution < 1.29 is 28.5 Å². The molecule has 2 aliphatic heterocycles. The number of dihydropyridines is 1. The Morgan fingerprint density at radius 1 is 1.14 bits per heavy atom. The molecule has 2 aromatic rings. The van der Waals surface area contributed by atoms with E-state index >= 15 is 0 Å². The molecule has 2 aromatic carbocycles. The van der Waals surface area contributed by atoms with Crippen LogP contribution in [0, 0.1) is 5.92 Å². The Morgan fingerprint density at radius 3 is 2.51 bits per heavy atom. The number of Topliss-reactive ketones (excluding diaryl/α,β-unsaturated/α-hetero) is 1. The summed E-state index contributed by atoms with van der Waals surface area (Å²) in [5.74, 6) is 1.18. The van der Waals surface area contributed by atoms with E-state index < -0.39 is 11.9 Å². The lowest BCUT2D eigenvalue weighted by atomic mass is 9.71. The lowest BCUT2D eigenvalue weighted by Crippen LogP contribution is -2.36. The summed E-state index contributed by atoms with van der Waals surface area (Å²) in [6.45, 7) is 6.27. The SMILES string of the molecule is COc1ccc([C@H]2CC(=O)C3=C(C2)NC(C)=C(C(=O)OCC(C)C)[C@H]3c2cc3c(cc2Br)OCO3)cc1. The zero-order valence-corrected chi connectivity index (χ0v) is 22.9. The first-order valence-corrected chi connectivity index (χ1v) is 13.2. The summed E-state index contributed by atoms with van der Waals surface area (Å²) >= 11 is 3.67. The third-order valence-electron chi connectivity index (χ3n) is 6.99. The molecule has 0 amide bonds. The number of allylic oxidation sites excluding steroid dienone is 3. The Kier molecular flexibility index (Phi) is 7.03. The topological polar surface area (TPSA) is 83.1 Å². The summed E-state index contributed by atoms with van der Waals surface area (Å²) in [6.07, 6.45) is 0.997. The summed E-state index contributed by atoms with van der Waals surface area (Å²) in [5.41, 5.74) is 4.41. The summed E-state index contributed by atoms with van der Waals surface area (Å²) in [4.78, 5) is 27.3. The van der Waals surface area contributed by atoms with Crippen molar-refractivity contribution in [2.45, 2.75) is 45.4 Å². The van der Waals surface area contributed by atoms with E-state index in [9.17, 15) is 9.59 Å². The van der Waals surface area contributed by atoms with Crippen LogP contribution < -0.4 is 19.5 Å². The van der Waals surface area contributed by atoms with E-state index in [4.69, 9.17) is 18.9 Å². The predicted molar refractivity (Wildman–Crippen MR) is 142 cm³/mol.